The number of furan rings is 1. The molecule has 0 saturated carbocycles. The van der Waals surface area contributed by atoms with Crippen LogP contribution in [0.5, 0.6) is 0 Å². The van der Waals surface area contributed by atoms with Crippen molar-refractivity contribution in [2.24, 2.45) is 0 Å². The number of ether oxygens (including phenoxy) is 1. The fraction of sp³-hybridized carbons (Fsp3) is 0.286. The van der Waals surface area contributed by atoms with E-state index in [9.17, 15) is 14.4 Å². The smallest absolute Gasteiger partial charge is 0.373 e. The molecule has 0 N–H and O–H groups in total. The normalized spacial score (nSPS) is 16.1. The van der Waals surface area contributed by atoms with Gasteiger partial charge in [0.25, 0.3) is 11.1 Å². The number of hydrogen-bond acceptors (Lipinski definition) is 6. The van der Waals surface area contributed by atoms with Crippen LogP contribution in [0.15, 0.2) is 45.7 Å². The van der Waals surface area contributed by atoms with Gasteiger partial charge in [-0.05, 0) is 46.5 Å². The van der Waals surface area contributed by atoms with Gasteiger partial charge in [-0.25, -0.2) is 4.79 Å². The Bertz CT molecular complexity index is 950. The summed E-state index contributed by atoms with van der Waals surface area (Å²) in [6.45, 7) is 6.36. The van der Waals surface area contributed by atoms with Crippen LogP contribution in [0.25, 0.3) is 6.08 Å². The molecule has 0 bridgehead atoms. The van der Waals surface area contributed by atoms with E-state index in [1.165, 1.54) is 18.7 Å². The van der Waals surface area contributed by atoms with E-state index in [0.29, 0.717) is 10.7 Å². The first-order valence-electron chi connectivity index (χ1n) is 8.72. The van der Waals surface area contributed by atoms with Crippen molar-refractivity contribution in [2.45, 2.75) is 32.7 Å². The molecule has 1 saturated heterocycles. The first kappa shape index (κ1) is 19.9. The van der Waals surface area contributed by atoms with Gasteiger partial charge in [0.15, 0.2) is 0 Å². The Morgan fingerprint density at radius 1 is 1.14 bits per heavy atom. The van der Waals surface area contributed by atoms with Gasteiger partial charge in [0.2, 0.25) is 5.76 Å². The first-order chi connectivity index (χ1) is 13.2. The lowest BCUT2D eigenvalue weighted by atomic mass is 9.87. The monoisotopic (exact) mass is 399 g/mol. The minimum atomic E-state index is -0.612. The van der Waals surface area contributed by atoms with Crippen LogP contribution in [0.4, 0.5) is 4.79 Å². The number of amides is 2. The molecular weight excluding hydrogens is 378 g/mol. The zero-order valence-corrected chi connectivity index (χ0v) is 17.0. The highest BCUT2D eigenvalue weighted by Crippen LogP contribution is 2.34. The van der Waals surface area contributed by atoms with Crippen LogP contribution in [0.3, 0.4) is 0 Å². The van der Waals surface area contributed by atoms with Gasteiger partial charge in [-0.1, -0.05) is 45.0 Å². The molecule has 28 heavy (non-hydrogen) atoms. The van der Waals surface area contributed by atoms with Crippen molar-refractivity contribution in [3.63, 3.8) is 0 Å². The molecule has 1 aromatic heterocycles. The molecule has 6 nitrogen and oxygen atoms in total. The largest absolute Gasteiger partial charge is 0.463 e. The van der Waals surface area contributed by atoms with E-state index < -0.39 is 5.97 Å². The fourth-order valence-electron chi connectivity index (χ4n) is 2.70. The molecule has 2 heterocycles. The molecule has 1 aromatic carbocycles. The number of rotatable bonds is 4. The van der Waals surface area contributed by atoms with Gasteiger partial charge >= 0.3 is 5.97 Å². The molecule has 0 unspecified atom stereocenters. The Balaban J connectivity index is 1.75. The highest BCUT2D eigenvalue weighted by Gasteiger charge is 2.35. The summed E-state index contributed by atoms with van der Waals surface area (Å²) in [6.07, 6.45) is 1.71. The summed E-state index contributed by atoms with van der Waals surface area (Å²) >= 11 is 0.888. The van der Waals surface area contributed by atoms with Gasteiger partial charge in [-0.2, -0.15) is 0 Å². The molecular formula is C21H21NO5S. The summed E-state index contributed by atoms with van der Waals surface area (Å²) in [6, 6.07) is 10.9. The highest BCUT2D eigenvalue weighted by atomic mass is 32.2. The molecule has 1 aliphatic rings. The van der Waals surface area contributed by atoms with Gasteiger partial charge in [0.1, 0.15) is 5.76 Å². The third-order valence-electron chi connectivity index (χ3n) is 4.31. The van der Waals surface area contributed by atoms with Crippen LogP contribution in [-0.2, 0) is 21.5 Å². The van der Waals surface area contributed by atoms with E-state index in [2.05, 4.69) is 25.5 Å². The highest BCUT2D eigenvalue weighted by molar-refractivity contribution is 8.18. The molecule has 0 radical (unpaired) electrons. The zero-order chi connectivity index (χ0) is 20.5. The number of benzene rings is 1. The average Bonchev–Trinajstić information content (AvgIpc) is 3.21. The zero-order valence-electron chi connectivity index (χ0n) is 16.1. The van der Waals surface area contributed by atoms with E-state index in [0.717, 1.165) is 22.2 Å². The number of methoxy groups -OCH3 is 1. The molecule has 1 fully saturated rings. The van der Waals surface area contributed by atoms with E-state index >= 15 is 0 Å². The maximum Gasteiger partial charge on any atom is 0.373 e. The van der Waals surface area contributed by atoms with Crippen molar-refractivity contribution in [3.05, 3.63) is 64.0 Å². The number of carbonyl (C=O) groups is 3. The van der Waals surface area contributed by atoms with Crippen LogP contribution >= 0.6 is 11.8 Å². The van der Waals surface area contributed by atoms with Gasteiger partial charge < -0.3 is 9.15 Å². The van der Waals surface area contributed by atoms with Crippen LogP contribution < -0.4 is 0 Å². The average molecular weight is 399 g/mol. The van der Waals surface area contributed by atoms with Crippen LogP contribution in [-0.4, -0.2) is 29.1 Å². The minimum absolute atomic E-state index is 0.0268. The Morgan fingerprint density at radius 2 is 1.82 bits per heavy atom. The summed E-state index contributed by atoms with van der Waals surface area (Å²) < 4.78 is 9.93. The number of imide groups is 1. The van der Waals surface area contributed by atoms with Gasteiger partial charge in [-0.15, -0.1) is 0 Å². The predicted octanol–water partition coefficient (Wildman–Crippen LogP) is 4.60. The Hall–Kier alpha value is -2.80. The van der Waals surface area contributed by atoms with Crippen LogP contribution in [0, 0.1) is 0 Å². The lowest BCUT2D eigenvalue weighted by Crippen LogP contribution is -2.27. The topological polar surface area (TPSA) is 76.8 Å². The van der Waals surface area contributed by atoms with Crippen molar-refractivity contribution >= 4 is 35.0 Å². The maximum atomic E-state index is 12.6. The number of thioether (sulfide) groups is 1. The molecule has 0 aliphatic carbocycles. The lowest BCUT2D eigenvalue weighted by Gasteiger charge is -2.18. The standard InChI is InChI=1S/C21H21NO5S/c1-21(2,3)14-7-5-13(6-8-14)11-17-18(23)22(20(25)28-17)12-15-9-10-16(27-15)19(24)26-4/h5-11H,12H2,1-4H3/b17-11+. The van der Waals surface area contributed by atoms with Crippen molar-refractivity contribution in [2.75, 3.05) is 7.11 Å². The first-order valence-corrected chi connectivity index (χ1v) is 9.53. The van der Waals surface area contributed by atoms with Crippen molar-refractivity contribution in [3.8, 4) is 0 Å². The predicted molar refractivity (Wildman–Crippen MR) is 107 cm³/mol. The van der Waals surface area contributed by atoms with E-state index in [-0.39, 0.29) is 28.9 Å². The second-order valence-electron chi connectivity index (χ2n) is 7.40. The Kier molecular flexibility index (Phi) is 5.47. The van der Waals surface area contributed by atoms with E-state index in [1.54, 1.807) is 12.1 Å². The van der Waals surface area contributed by atoms with Crippen molar-refractivity contribution in [1.29, 1.82) is 0 Å². The van der Waals surface area contributed by atoms with Gasteiger partial charge in [0.05, 0.1) is 18.6 Å². The molecule has 146 valence electrons. The van der Waals surface area contributed by atoms with Gasteiger partial charge in [-0.3, -0.25) is 14.5 Å². The summed E-state index contributed by atoms with van der Waals surface area (Å²) in [7, 11) is 1.25. The number of esters is 1. The number of nitrogens with zero attached hydrogens (tertiary/aromatic N) is 1. The number of hydrogen-bond donors (Lipinski definition) is 0. The molecule has 1 aliphatic heterocycles. The number of carbonyl (C=O) groups excluding carboxylic acids is 3. The summed E-state index contributed by atoms with van der Waals surface area (Å²) in [4.78, 5) is 37.8. The van der Waals surface area contributed by atoms with Crippen LogP contribution in [0.2, 0.25) is 0 Å². The Morgan fingerprint density at radius 3 is 2.43 bits per heavy atom. The second kappa shape index (κ2) is 7.67. The Labute approximate surface area is 167 Å². The van der Waals surface area contributed by atoms with Crippen LogP contribution in [0.1, 0.15) is 48.2 Å². The summed E-state index contributed by atoms with van der Waals surface area (Å²) in [5.74, 6) is -0.637. The third kappa shape index (κ3) is 4.20. The fourth-order valence-corrected chi connectivity index (χ4v) is 3.53. The molecule has 3 rings (SSSR count). The van der Waals surface area contributed by atoms with Gasteiger partial charge in [0, 0.05) is 0 Å². The SMILES string of the molecule is COC(=O)c1ccc(CN2C(=O)S/C(=C/c3ccc(C(C)(C)C)cc3)C2=O)o1. The minimum Gasteiger partial charge on any atom is -0.463 e. The van der Waals surface area contributed by atoms with Crippen molar-refractivity contribution < 1.29 is 23.5 Å². The molecule has 2 aromatic rings. The quantitative estimate of drug-likeness (QED) is 0.552. The summed E-state index contributed by atoms with van der Waals surface area (Å²) in [5.41, 5.74) is 2.09. The molecule has 7 heteroatoms. The molecule has 0 spiro atoms. The molecule has 2 amide bonds. The lowest BCUT2D eigenvalue weighted by molar-refractivity contribution is -0.123. The molecule has 0 atom stereocenters. The summed E-state index contributed by atoms with van der Waals surface area (Å²) in [5, 5.41) is -0.376. The second-order valence-corrected chi connectivity index (χ2v) is 8.39. The van der Waals surface area contributed by atoms with E-state index in [1.807, 2.05) is 24.3 Å². The van der Waals surface area contributed by atoms with E-state index in [4.69, 9.17) is 4.42 Å². The third-order valence-corrected chi connectivity index (χ3v) is 5.22. The maximum absolute atomic E-state index is 12.6. The van der Waals surface area contributed by atoms with Crippen molar-refractivity contribution in [1.82, 2.24) is 4.90 Å².